The van der Waals surface area contributed by atoms with Crippen molar-refractivity contribution < 1.29 is 4.39 Å². The molecule has 0 radical (unpaired) electrons. The minimum Gasteiger partial charge on any atom is -0.313 e. The standard InChI is InChI=1S/C16H16BrClFN/c1-10-3-5-12(17)8-14(10)16(20-2)7-11-4-6-13(18)9-15(11)19/h3-6,8-9,16,20H,7H2,1-2H3. The monoisotopic (exact) mass is 355 g/mol. The van der Waals surface area contributed by atoms with Crippen LogP contribution in [0.4, 0.5) is 4.39 Å². The molecule has 1 nitrogen and oxygen atoms in total. The summed E-state index contributed by atoms with van der Waals surface area (Å²) in [5, 5.41) is 3.68. The summed E-state index contributed by atoms with van der Waals surface area (Å²) in [6, 6.07) is 11.0. The smallest absolute Gasteiger partial charge is 0.127 e. The van der Waals surface area contributed by atoms with Crippen LogP contribution in [0, 0.1) is 12.7 Å². The Balaban J connectivity index is 2.31. The lowest BCUT2D eigenvalue weighted by molar-refractivity contribution is 0.552. The third kappa shape index (κ3) is 3.60. The van der Waals surface area contributed by atoms with Gasteiger partial charge in [0.2, 0.25) is 0 Å². The Kier molecular flexibility index (Phi) is 5.19. The van der Waals surface area contributed by atoms with E-state index in [1.165, 1.54) is 11.6 Å². The van der Waals surface area contributed by atoms with Gasteiger partial charge in [-0.25, -0.2) is 4.39 Å². The number of halogens is 3. The predicted octanol–water partition coefficient (Wildman–Crippen LogP) is 5.05. The van der Waals surface area contributed by atoms with E-state index in [9.17, 15) is 4.39 Å². The van der Waals surface area contributed by atoms with E-state index in [0.29, 0.717) is 17.0 Å². The first-order chi connectivity index (χ1) is 9.51. The van der Waals surface area contributed by atoms with Gasteiger partial charge in [0.15, 0.2) is 0 Å². The first kappa shape index (κ1) is 15.5. The van der Waals surface area contributed by atoms with Crippen LogP contribution in [0.1, 0.15) is 22.7 Å². The van der Waals surface area contributed by atoms with Crippen molar-refractivity contribution in [3.63, 3.8) is 0 Å². The minimum absolute atomic E-state index is 0.0585. The van der Waals surface area contributed by atoms with E-state index in [2.05, 4.69) is 40.3 Å². The van der Waals surface area contributed by atoms with Crippen LogP contribution in [0.5, 0.6) is 0 Å². The summed E-state index contributed by atoms with van der Waals surface area (Å²) in [5.74, 6) is -0.259. The van der Waals surface area contributed by atoms with Crippen LogP contribution in [0.25, 0.3) is 0 Å². The molecule has 2 aromatic rings. The Bertz CT molecular complexity index is 615. The largest absolute Gasteiger partial charge is 0.313 e. The highest BCUT2D eigenvalue weighted by atomic mass is 79.9. The SMILES string of the molecule is CNC(Cc1ccc(Cl)cc1F)c1cc(Br)ccc1C. The van der Waals surface area contributed by atoms with Crippen LogP contribution in [0.15, 0.2) is 40.9 Å². The summed E-state index contributed by atoms with van der Waals surface area (Å²) in [6.07, 6.45) is 0.580. The molecule has 0 aromatic heterocycles. The summed E-state index contributed by atoms with van der Waals surface area (Å²) in [6.45, 7) is 2.06. The van der Waals surface area contributed by atoms with Crippen LogP contribution in [-0.4, -0.2) is 7.05 Å². The predicted molar refractivity (Wildman–Crippen MR) is 85.8 cm³/mol. The minimum atomic E-state index is -0.259. The van der Waals surface area contributed by atoms with Gasteiger partial charge in [0.1, 0.15) is 5.82 Å². The van der Waals surface area contributed by atoms with Gasteiger partial charge in [-0.2, -0.15) is 0 Å². The van der Waals surface area contributed by atoms with E-state index >= 15 is 0 Å². The molecule has 0 spiro atoms. The molecule has 2 aromatic carbocycles. The fraction of sp³-hybridized carbons (Fsp3) is 0.250. The highest BCUT2D eigenvalue weighted by molar-refractivity contribution is 9.10. The molecule has 0 heterocycles. The maximum atomic E-state index is 13.9. The van der Waals surface area contributed by atoms with Crippen LogP contribution in [0.2, 0.25) is 5.02 Å². The lowest BCUT2D eigenvalue weighted by atomic mass is 9.95. The van der Waals surface area contributed by atoms with E-state index in [0.717, 1.165) is 10.0 Å². The lowest BCUT2D eigenvalue weighted by Crippen LogP contribution is -2.20. The number of likely N-dealkylation sites (N-methyl/N-ethyl adjacent to an activating group) is 1. The van der Waals surface area contributed by atoms with Gasteiger partial charge in [0, 0.05) is 15.5 Å². The second-order valence-electron chi connectivity index (χ2n) is 4.78. The van der Waals surface area contributed by atoms with Gasteiger partial charge >= 0.3 is 0 Å². The number of rotatable bonds is 4. The summed E-state index contributed by atoms with van der Waals surface area (Å²) >= 11 is 9.27. The summed E-state index contributed by atoms with van der Waals surface area (Å²) < 4.78 is 14.9. The maximum absolute atomic E-state index is 13.9. The molecule has 0 saturated carbocycles. The fourth-order valence-corrected chi connectivity index (χ4v) is 2.80. The van der Waals surface area contributed by atoms with Gasteiger partial charge in [-0.05, 0) is 61.3 Å². The van der Waals surface area contributed by atoms with Crippen LogP contribution in [-0.2, 0) is 6.42 Å². The van der Waals surface area contributed by atoms with Crippen molar-refractivity contribution in [2.24, 2.45) is 0 Å². The van der Waals surface area contributed by atoms with E-state index in [1.807, 2.05) is 13.1 Å². The zero-order valence-corrected chi connectivity index (χ0v) is 13.7. The van der Waals surface area contributed by atoms with Gasteiger partial charge < -0.3 is 5.32 Å². The second kappa shape index (κ2) is 6.70. The molecule has 0 aliphatic heterocycles. The zero-order chi connectivity index (χ0) is 14.7. The topological polar surface area (TPSA) is 12.0 Å². The number of aryl methyl sites for hydroxylation is 1. The van der Waals surface area contributed by atoms with Crippen molar-refractivity contribution in [2.75, 3.05) is 7.05 Å². The molecule has 1 N–H and O–H groups in total. The van der Waals surface area contributed by atoms with Crippen molar-refractivity contribution in [1.29, 1.82) is 0 Å². The average molecular weight is 357 g/mol. The van der Waals surface area contributed by atoms with E-state index in [-0.39, 0.29) is 11.9 Å². The molecular formula is C16H16BrClFN. The molecule has 0 bridgehead atoms. The van der Waals surface area contributed by atoms with Crippen molar-refractivity contribution in [3.05, 3.63) is 68.4 Å². The first-order valence-electron chi connectivity index (χ1n) is 6.38. The van der Waals surface area contributed by atoms with E-state index in [1.54, 1.807) is 12.1 Å². The van der Waals surface area contributed by atoms with Gasteiger partial charge in [-0.15, -0.1) is 0 Å². The van der Waals surface area contributed by atoms with Gasteiger partial charge in [-0.1, -0.05) is 39.7 Å². The van der Waals surface area contributed by atoms with Crippen molar-refractivity contribution >= 4 is 27.5 Å². The summed E-state index contributed by atoms with van der Waals surface area (Å²) in [4.78, 5) is 0. The number of hydrogen-bond donors (Lipinski definition) is 1. The Hall–Kier alpha value is -0.900. The highest BCUT2D eigenvalue weighted by Crippen LogP contribution is 2.26. The van der Waals surface area contributed by atoms with Crippen LogP contribution in [0.3, 0.4) is 0 Å². The third-order valence-electron chi connectivity index (χ3n) is 3.40. The Morgan fingerprint density at radius 1 is 1.25 bits per heavy atom. The molecule has 2 rings (SSSR count). The van der Waals surface area contributed by atoms with Crippen molar-refractivity contribution in [2.45, 2.75) is 19.4 Å². The first-order valence-corrected chi connectivity index (χ1v) is 7.55. The highest BCUT2D eigenvalue weighted by Gasteiger charge is 2.15. The maximum Gasteiger partial charge on any atom is 0.127 e. The van der Waals surface area contributed by atoms with E-state index < -0.39 is 0 Å². The quantitative estimate of drug-likeness (QED) is 0.808. The molecule has 1 unspecified atom stereocenters. The summed E-state index contributed by atoms with van der Waals surface area (Å²) in [5.41, 5.74) is 3.01. The van der Waals surface area contributed by atoms with Crippen LogP contribution < -0.4 is 5.32 Å². The Morgan fingerprint density at radius 3 is 2.65 bits per heavy atom. The molecular weight excluding hydrogens is 341 g/mol. The van der Waals surface area contributed by atoms with Gasteiger partial charge in [0.25, 0.3) is 0 Å². The average Bonchev–Trinajstić information content (AvgIpc) is 2.41. The molecule has 0 saturated heterocycles. The van der Waals surface area contributed by atoms with Crippen LogP contribution >= 0.6 is 27.5 Å². The molecule has 4 heteroatoms. The van der Waals surface area contributed by atoms with Gasteiger partial charge in [0.05, 0.1) is 0 Å². The number of nitrogens with one attached hydrogen (secondary N) is 1. The number of hydrogen-bond acceptors (Lipinski definition) is 1. The lowest BCUT2D eigenvalue weighted by Gasteiger charge is -2.20. The summed E-state index contributed by atoms with van der Waals surface area (Å²) in [7, 11) is 1.89. The molecule has 20 heavy (non-hydrogen) atoms. The van der Waals surface area contributed by atoms with E-state index in [4.69, 9.17) is 11.6 Å². The van der Waals surface area contributed by atoms with Crippen molar-refractivity contribution in [3.8, 4) is 0 Å². The zero-order valence-electron chi connectivity index (χ0n) is 11.4. The molecule has 0 fully saturated rings. The third-order valence-corrected chi connectivity index (χ3v) is 4.13. The van der Waals surface area contributed by atoms with Crippen molar-refractivity contribution in [1.82, 2.24) is 5.32 Å². The molecule has 106 valence electrons. The Labute approximate surface area is 132 Å². The number of benzene rings is 2. The molecule has 0 aliphatic rings. The molecule has 0 amide bonds. The molecule has 0 aliphatic carbocycles. The van der Waals surface area contributed by atoms with Gasteiger partial charge in [-0.3, -0.25) is 0 Å². The second-order valence-corrected chi connectivity index (χ2v) is 6.13. The normalized spacial score (nSPS) is 12.4. The Morgan fingerprint density at radius 2 is 2.00 bits per heavy atom. The molecule has 1 atom stereocenters. The fourth-order valence-electron chi connectivity index (χ4n) is 2.26.